The van der Waals surface area contributed by atoms with Crippen molar-refractivity contribution in [2.75, 3.05) is 249 Å². The molecule has 16 saturated carbocycles. The molecule has 0 aromatic heterocycles. The Morgan fingerprint density at radius 2 is 0.296 bits per heavy atom. The Morgan fingerprint density at radius 3 is 0.437 bits per heavy atom. The third kappa shape index (κ3) is 40.3. The quantitative estimate of drug-likeness (QED) is 0.0348. The highest BCUT2D eigenvalue weighted by molar-refractivity contribution is 5.81. The van der Waals surface area contributed by atoms with Crippen LogP contribution in [0.15, 0.2) is 0 Å². The maximum absolute atomic E-state index is 14.1. The SMILES string of the molecule is NCCNC(=O)CCN(CCNC(=O)CCN(CCCCN(CCC(=O)NCCN(CCC(=O)NCCN)CCC(=O)NCCNC12CC3CC(CC(C3)C1)C2)CCC(=O)NCCN(CCC(=O)NCCN)CCC(=O)NCCNC12CC3CC(CC(C3)C1)C2)CCC(=O)NCCN(CCC(=O)NCCN)CCC(=O)NCCNC12CC3CC(CC(C3)C1)C2)CCC(=O)NCCNC12CC3CC(CC(C3)C1)C2. The standard InChI is InChI=1S/C104H188N26O12/c105-15-19-109-89(131)7-41-127(45-11-93(135)113-23-27-121-101-65-77-53-78(66-101)55-79(54-77)67-101)49-31-117-97(139)3-37-125(38-4-98(140)118-32-50-128(42-8-90(132)110-20-16-106)46-12-94(136)114-24-28-122-102-68-80-56-81(69-102)58-82(57-80)70-102)35-1-2-36-126(39-5-99(141)119-33-51-129(43-9-91(133)111-21-17-107)47-13-95(137)115-25-29-123-103-71-83-59-84(72-103)61-85(60-83)73-103)40-6-100(142)120-34-52-130(44-10-92(134)112-22-18-108)48-14-96(138)116-26-30-124-104-74-86-62-87(75-104)64-88(63-86)76-104/h77-88,121-124H,1-76,105-108H2,(H,109,131)(H,110,132)(H,111,133)(H,112,134)(H,113,135)(H,114,136)(H,115,137)(H,116,138)(H,117,139)(H,118,140)(H,119,141)(H,120,142). The fourth-order valence-electron chi connectivity index (χ4n) is 28.5. The average molecular weight is 1990 g/mol. The summed E-state index contributed by atoms with van der Waals surface area (Å²) in [7, 11) is 0. The number of unbranched alkanes of at least 4 members (excludes halogenated alkanes) is 1. The van der Waals surface area contributed by atoms with Gasteiger partial charge in [0.25, 0.3) is 0 Å². The maximum atomic E-state index is 14.1. The summed E-state index contributed by atoms with van der Waals surface area (Å²) < 4.78 is 0. The smallest absolute Gasteiger partial charge is 0.221 e. The third-order valence-corrected chi connectivity index (χ3v) is 33.9. The van der Waals surface area contributed by atoms with E-state index in [1.165, 1.54) is 154 Å². The van der Waals surface area contributed by atoms with Gasteiger partial charge < -0.3 is 137 Å². The first-order valence-electron chi connectivity index (χ1n) is 56.1. The van der Waals surface area contributed by atoms with Gasteiger partial charge in [-0.05, 0) is 251 Å². The molecule has 0 unspecified atom stereocenters. The Hall–Kier alpha value is -6.92. The highest BCUT2D eigenvalue weighted by atomic mass is 16.2. The van der Waals surface area contributed by atoms with Crippen LogP contribution >= 0.6 is 0 Å². The largest absolute Gasteiger partial charge is 0.355 e. The number of rotatable bonds is 77. The Kier molecular flexibility index (Phi) is 48.0. The van der Waals surface area contributed by atoms with Gasteiger partial charge in [0.1, 0.15) is 0 Å². The molecule has 806 valence electrons. The van der Waals surface area contributed by atoms with Crippen molar-refractivity contribution in [3.8, 4) is 0 Å². The van der Waals surface area contributed by atoms with Gasteiger partial charge in [-0.15, -0.1) is 0 Å². The van der Waals surface area contributed by atoms with E-state index in [1.807, 2.05) is 19.6 Å². The van der Waals surface area contributed by atoms with Crippen molar-refractivity contribution >= 4 is 70.9 Å². The van der Waals surface area contributed by atoms with Gasteiger partial charge in [0.05, 0.1) is 0 Å². The molecule has 0 aliphatic heterocycles. The molecule has 0 saturated heterocycles. The summed E-state index contributed by atoms with van der Waals surface area (Å²) in [6, 6.07) is 0. The molecule has 16 aliphatic rings. The van der Waals surface area contributed by atoms with Crippen LogP contribution < -0.4 is 108 Å². The van der Waals surface area contributed by atoms with E-state index in [0.717, 1.165) is 71.0 Å². The molecule has 16 fully saturated rings. The van der Waals surface area contributed by atoms with Crippen LogP contribution in [-0.2, 0) is 57.5 Å². The zero-order valence-electron chi connectivity index (χ0n) is 86.6. The Balaban J connectivity index is 0.650. The summed E-state index contributed by atoms with van der Waals surface area (Å²) in [4.78, 5) is 174. The van der Waals surface area contributed by atoms with Crippen LogP contribution in [0.3, 0.4) is 0 Å². The van der Waals surface area contributed by atoms with Gasteiger partial charge in [-0.1, -0.05) is 0 Å². The molecule has 16 rings (SSSR count). The second-order valence-corrected chi connectivity index (χ2v) is 45.6. The van der Waals surface area contributed by atoms with E-state index in [1.54, 1.807) is 0 Å². The Bertz CT molecular complexity index is 3300. The van der Waals surface area contributed by atoms with Gasteiger partial charge in [-0.25, -0.2) is 0 Å². The number of nitrogens with two attached hydrogens (primary N) is 4. The summed E-state index contributed by atoms with van der Waals surface area (Å²) in [5, 5.41) is 51.8. The third-order valence-electron chi connectivity index (χ3n) is 33.9. The molecule has 142 heavy (non-hydrogen) atoms. The molecule has 0 radical (unpaired) electrons. The number of carbonyl (C=O) groups excluding carboxylic acids is 12. The second kappa shape index (κ2) is 59.9. The fourth-order valence-corrected chi connectivity index (χ4v) is 28.5. The molecule has 16 aliphatic carbocycles. The first-order valence-corrected chi connectivity index (χ1v) is 56.1. The minimum Gasteiger partial charge on any atom is -0.355 e. The van der Waals surface area contributed by atoms with E-state index >= 15 is 0 Å². The minimum atomic E-state index is -0.209. The number of hydrogen-bond acceptors (Lipinski definition) is 26. The normalized spacial score (nSPS) is 26.9. The lowest BCUT2D eigenvalue weighted by Crippen LogP contribution is -2.59. The van der Waals surface area contributed by atoms with Crippen LogP contribution in [0, 0.1) is 71.0 Å². The molecule has 0 aromatic carbocycles. The van der Waals surface area contributed by atoms with Crippen molar-refractivity contribution in [2.24, 2.45) is 93.9 Å². The molecular formula is C104H188N26O12. The first kappa shape index (κ1) is 114. The molecule has 0 spiro atoms. The van der Waals surface area contributed by atoms with E-state index < -0.39 is 0 Å². The molecule has 38 nitrogen and oxygen atoms in total. The molecule has 0 heterocycles. The second-order valence-electron chi connectivity index (χ2n) is 45.6. The van der Waals surface area contributed by atoms with E-state index in [-0.39, 0.29) is 196 Å². The fraction of sp³-hybridized carbons (Fsp3) is 0.885. The first-order chi connectivity index (χ1) is 68.8. The number of nitrogens with zero attached hydrogens (tertiary/aromatic N) is 6. The summed E-state index contributed by atoms with van der Waals surface area (Å²) >= 11 is 0. The lowest BCUT2D eigenvalue weighted by Gasteiger charge is -2.57. The van der Waals surface area contributed by atoms with Crippen LogP contribution in [0.5, 0.6) is 0 Å². The maximum Gasteiger partial charge on any atom is 0.221 e. The number of hydrogen-bond donors (Lipinski definition) is 20. The van der Waals surface area contributed by atoms with Crippen LogP contribution in [0.1, 0.15) is 244 Å². The van der Waals surface area contributed by atoms with Gasteiger partial charge in [-0.3, -0.25) is 57.5 Å². The minimum absolute atomic E-state index is 0.0756. The van der Waals surface area contributed by atoms with Crippen LogP contribution in [0.4, 0.5) is 0 Å². The Labute approximate surface area is 847 Å². The molecule has 24 N–H and O–H groups in total. The van der Waals surface area contributed by atoms with Gasteiger partial charge in [-0.2, -0.15) is 0 Å². The van der Waals surface area contributed by atoms with Crippen molar-refractivity contribution in [2.45, 2.75) is 266 Å². The number of amides is 12. The molecule has 0 atom stereocenters. The van der Waals surface area contributed by atoms with Gasteiger partial charge in [0, 0.05) is 335 Å². The molecule has 38 heteroatoms. The predicted molar refractivity (Wildman–Crippen MR) is 551 cm³/mol. The van der Waals surface area contributed by atoms with E-state index in [0.29, 0.717) is 235 Å². The molecule has 0 aromatic rings. The van der Waals surface area contributed by atoms with Crippen molar-refractivity contribution < 1.29 is 57.5 Å². The average Bonchev–Trinajstić information content (AvgIpc) is 0.766. The van der Waals surface area contributed by atoms with E-state index in [2.05, 4.69) is 94.9 Å². The van der Waals surface area contributed by atoms with E-state index in [4.69, 9.17) is 22.9 Å². The van der Waals surface area contributed by atoms with Crippen molar-refractivity contribution in [1.29, 1.82) is 0 Å². The lowest BCUT2D eigenvalue weighted by atomic mass is 9.53. The van der Waals surface area contributed by atoms with Gasteiger partial charge >= 0.3 is 0 Å². The highest BCUT2D eigenvalue weighted by Gasteiger charge is 2.54. The molecule has 16 bridgehead atoms. The molecular weight excluding hydrogens is 1810 g/mol. The highest BCUT2D eigenvalue weighted by Crippen LogP contribution is 2.59. The topological polar surface area (TPSA) is 521 Å². The zero-order chi connectivity index (χ0) is 100. The van der Waals surface area contributed by atoms with Gasteiger partial charge in [0.2, 0.25) is 70.9 Å². The summed E-state index contributed by atoms with van der Waals surface area (Å²) in [5.74, 6) is 8.02. The number of nitrogens with one attached hydrogen (secondary N) is 16. The zero-order valence-corrected chi connectivity index (χ0v) is 86.6. The monoisotopic (exact) mass is 1990 g/mol. The summed E-state index contributed by atoms with van der Waals surface area (Å²) in [6.45, 7) is 15.4. The van der Waals surface area contributed by atoms with Crippen LogP contribution in [0.25, 0.3) is 0 Å². The summed E-state index contributed by atoms with van der Waals surface area (Å²) in [6.07, 6.45) is 34.3. The summed E-state index contributed by atoms with van der Waals surface area (Å²) in [5.41, 5.74) is 23.6. The van der Waals surface area contributed by atoms with E-state index in [9.17, 15) is 57.5 Å². The molecule has 12 amide bonds. The van der Waals surface area contributed by atoms with Crippen LogP contribution in [-0.4, -0.2) is 371 Å². The van der Waals surface area contributed by atoms with Crippen molar-refractivity contribution in [1.82, 2.24) is 114 Å². The van der Waals surface area contributed by atoms with Crippen LogP contribution in [0.2, 0.25) is 0 Å². The number of carbonyl (C=O) groups is 12. The van der Waals surface area contributed by atoms with Crippen molar-refractivity contribution in [3.05, 3.63) is 0 Å². The van der Waals surface area contributed by atoms with Gasteiger partial charge in [0.15, 0.2) is 0 Å². The predicted octanol–water partition coefficient (Wildman–Crippen LogP) is -0.277. The lowest BCUT2D eigenvalue weighted by molar-refractivity contribution is -0.123. The van der Waals surface area contributed by atoms with Crippen molar-refractivity contribution in [3.63, 3.8) is 0 Å². The Morgan fingerprint density at radius 1 is 0.169 bits per heavy atom.